The smallest absolute Gasteiger partial charge is 0.295 e. The molecule has 0 aliphatic carbocycles. The topological polar surface area (TPSA) is 93.2 Å². The minimum atomic E-state index is 0.00496. The van der Waals surface area contributed by atoms with Gasteiger partial charge in [-0.1, -0.05) is 0 Å². The van der Waals surface area contributed by atoms with Gasteiger partial charge in [0.25, 0.3) is 6.01 Å². The molecular weight excluding hydrogens is 232 g/mol. The third-order valence-electron chi connectivity index (χ3n) is 2.41. The summed E-state index contributed by atoms with van der Waals surface area (Å²) in [6.07, 6.45) is 0.384. The van der Waals surface area contributed by atoms with Gasteiger partial charge in [-0.3, -0.25) is 4.79 Å². The molecule has 0 saturated carbocycles. The van der Waals surface area contributed by atoms with Gasteiger partial charge in [-0.15, -0.1) is 0 Å². The Hall–Kier alpha value is -2.24. The molecule has 0 fully saturated rings. The van der Waals surface area contributed by atoms with Crippen LogP contribution >= 0.6 is 0 Å². The molecule has 0 atom stereocenters. The molecule has 2 aromatic rings. The summed E-state index contributed by atoms with van der Waals surface area (Å²) in [6, 6.07) is 5.68. The number of hydrogen-bond donors (Lipinski definition) is 3. The van der Waals surface area contributed by atoms with E-state index in [2.05, 4.69) is 15.6 Å². The molecule has 0 aliphatic rings. The molecule has 96 valence electrons. The first-order valence-electron chi connectivity index (χ1n) is 5.85. The maximum absolute atomic E-state index is 11.2. The van der Waals surface area contributed by atoms with Gasteiger partial charge in [0.05, 0.1) is 0 Å². The number of nitrogens with two attached hydrogens (primary N) is 1. The Morgan fingerprint density at radius 3 is 3.11 bits per heavy atom. The lowest BCUT2D eigenvalue weighted by molar-refractivity contribution is -0.120. The summed E-state index contributed by atoms with van der Waals surface area (Å²) in [5.41, 5.74) is 7.65. The van der Waals surface area contributed by atoms with Crippen LogP contribution in [0.1, 0.15) is 13.3 Å². The number of aromatic nitrogens is 1. The molecule has 6 nitrogen and oxygen atoms in total. The molecule has 0 aliphatic heterocycles. The van der Waals surface area contributed by atoms with Crippen molar-refractivity contribution >= 4 is 28.7 Å². The van der Waals surface area contributed by atoms with Crippen LogP contribution in [0.3, 0.4) is 0 Å². The van der Waals surface area contributed by atoms with Gasteiger partial charge in [-0.05, 0) is 19.1 Å². The molecule has 1 aromatic carbocycles. The Kier molecular flexibility index (Phi) is 3.66. The molecule has 1 heterocycles. The molecule has 18 heavy (non-hydrogen) atoms. The summed E-state index contributed by atoms with van der Waals surface area (Å²) in [6.45, 7) is 3.01. The van der Waals surface area contributed by atoms with Crippen LogP contribution in [-0.2, 0) is 4.79 Å². The predicted octanol–water partition coefficient (Wildman–Crippen LogP) is 1.35. The van der Waals surface area contributed by atoms with E-state index in [1.807, 2.05) is 6.92 Å². The van der Waals surface area contributed by atoms with Crippen molar-refractivity contribution in [1.29, 1.82) is 0 Å². The zero-order valence-corrected chi connectivity index (χ0v) is 10.2. The summed E-state index contributed by atoms with van der Waals surface area (Å²) in [5, 5.41) is 5.68. The Balaban J connectivity index is 1.94. The zero-order valence-electron chi connectivity index (χ0n) is 10.2. The van der Waals surface area contributed by atoms with Crippen LogP contribution in [0.4, 0.5) is 11.7 Å². The number of amides is 1. The van der Waals surface area contributed by atoms with Crippen molar-refractivity contribution in [2.45, 2.75) is 13.3 Å². The lowest BCUT2D eigenvalue weighted by atomic mass is 10.3. The first kappa shape index (κ1) is 12.2. The number of fused-ring (bicyclic) bond motifs is 1. The number of hydrogen-bond acceptors (Lipinski definition) is 5. The number of nitrogens with one attached hydrogen (secondary N) is 2. The standard InChI is InChI=1S/C12H16N4O2/c1-2-14-11(17)5-6-15-12-16-9-4-3-8(13)7-10(9)18-12/h3-4,7H,2,5-6,13H2,1H3,(H,14,17)(H,15,16). The van der Waals surface area contributed by atoms with Crippen LogP contribution in [0.15, 0.2) is 22.6 Å². The van der Waals surface area contributed by atoms with Crippen molar-refractivity contribution < 1.29 is 9.21 Å². The summed E-state index contributed by atoms with van der Waals surface area (Å²) in [5.74, 6) is 0.00496. The predicted molar refractivity (Wildman–Crippen MR) is 70.2 cm³/mol. The van der Waals surface area contributed by atoms with Crippen molar-refractivity contribution in [2.75, 3.05) is 24.1 Å². The Morgan fingerprint density at radius 1 is 1.50 bits per heavy atom. The number of carbonyl (C=O) groups excluding carboxylic acids is 1. The minimum absolute atomic E-state index is 0.00496. The van der Waals surface area contributed by atoms with E-state index in [0.717, 1.165) is 5.52 Å². The first-order chi connectivity index (χ1) is 8.69. The number of anilines is 2. The van der Waals surface area contributed by atoms with Gasteiger partial charge in [-0.2, -0.15) is 4.98 Å². The van der Waals surface area contributed by atoms with Crippen molar-refractivity contribution in [2.24, 2.45) is 0 Å². The fraction of sp³-hybridized carbons (Fsp3) is 0.333. The summed E-state index contributed by atoms with van der Waals surface area (Å²) in [4.78, 5) is 15.5. The van der Waals surface area contributed by atoms with E-state index in [9.17, 15) is 4.79 Å². The Bertz CT molecular complexity index is 550. The average Bonchev–Trinajstić information content (AvgIpc) is 2.71. The number of oxazole rings is 1. The first-order valence-corrected chi connectivity index (χ1v) is 5.85. The molecule has 0 spiro atoms. The second kappa shape index (κ2) is 5.39. The molecule has 0 saturated heterocycles. The van der Waals surface area contributed by atoms with E-state index in [1.54, 1.807) is 18.2 Å². The highest BCUT2D eigenvalue weighted by Crippen LogP contribution is 2.20. The molecule has 0 radical (unpaired) electrons. The quantitative estimate of drug-likeness (QED) is 0.694. The van der Waals surface area contributed by atoms with Gasteiger partial charge < -0.3 is 20.8 Å². The molecule has 0 unspecified atom stereocenters. The highest BCUT2D eigenvalue weighted by molar-refractivity contribution is 5.78. The number of carbonyl (C=O) groups is 1. The maximum Gasteiger partial charge on any atom is 0.295 e. The number of nitrogens with zero attached hydrogens (tertiary/aromatic N) is 1. The van der Waals surface area contributed by atoms with Crippen molar-refractivity contribution in [3.05, 3.63) is 18.2 Å². The van der Waals surface area contributed by atoms with Crippen LogP contribution in [0.5, 0.6) is 0 Å². The lowest BCUT2D eigenvalue weighted by Gasteiger charge is -2.01. The van der Waals surface area contributed by atoms with E-state index in [1.165, 1.54) is 0 Å². The number of nitrogen functional groups attached to an aromatic ring is 1. The van der Waals surface area contributed by atoms with Crippen molar-refractivity contribution in [3.63, 3.8) is 0 Å². The summed E-state index contributed by atoms with van der Waals surface area (Å²) >= 11 is 0. The van der Waals surface area contributed by atoms with Crippen molar-refractivity contribution in [1.82, 2.24) is 10.3 Å². The number of rotatable bonds is 5. The highest BCUT2D eigenvalue weighted by Gasteiger charge is 2.06. The SMILES string of the molecule is CCNC(=O)CCNc1nc2ccc(N)cc2o1. The van der Waals surface area contributed by atoms with Gasteiger partial charge in [0, 0.05) is 31.3 Å². The van der Waals surface area contributed by atoms with Crippen LogP contribution in [0.25, 0.3) is 11.1 Å². The van der Waals surface area contributed by atoms with Gasteiger partial charge in [-0.25, -0.2) is 0 Å². The average molecular weight is 248 g/mol. The van der Waals surface area contributed by atoms with Crippen LogP contribution in [-0.4, -0.2) is 24.0 Å². The Morgan fingerprint density at radius 2 is 2.33 bits per heavy atom. The minimum Gasteiger partial charge on any atom is -0.423 e. The van der Waals surface area contributed by atoms with Crippen LogP contribution in [0.2, 0.25) is 0 Å². The number of benzene rings is 1. The molecule has 6 heteroatoms. The normalized spacial score (nSPS) is 10.5. The van der Waals surface area contributed by atoms with E-state index in [0.29, 0.717) is 36.8 Å². The second-order valence-electron chi connectivity index (χ2n) is 3.88. The van der Waals surface area contributed by atoms with E-state index < -0.39 is 0 Å². The van der Waals surface area contributed by atoms with Crippen LogP contribution in [0, 0.1) is 0 Å². The molecule has 0 bridgehead atoms. The molecule has 2 rings (SSSR count). The third kappa shape index (κ3) is 2.91. The fourth-order valence-corrected chi connectivity index (χ4v) is 1.59. The maximum atomic E-state index is 11.2. The molecule has 1 amide bonds. The molecule has 1 aromatic heterocycles. The van der Waals surface area contributed by atoms with E-state index in [4.69, 9.17) is 10.2 Å². The lowest BCUT2D eigenvalue weighted by Crippen LogP contribution is -2.24. The highest BCUT2D eigenvalue weighted by atomic mass is 16.4. The van der Waals surface area contributed by atoms with Gasteiger partial charge in [0.15, 0.2) is 5.58 Å². The monoisotopic (exact) mass is 248 g/mol. The zero-order chi connectivity index (χ0) is 13.0. The van der Waals surface area contributed by atoms with E-state index >= 15 is 0 Å². The summed E-state index contributed by atoms with van der Waals surface area (Å²) in [7, 11) is 0. The summed E-state index contributed by atoms with van der Waals surface area (Å²) < 4.78 is 5.46. The fourth-order valence-electron chi connectivity index (χ4n) is 1.59. The second-order valence-corrected chi connectivity index (χ2v) is 3.88. The molecular formula is C12H16N4O2. The van der Waals surface area contributed by atoms with E-state index in [-0.39, 0.29) is 5.91 Å². The van der Waals surface area contributed by atoms with Gasteiger partial charge in [0.1, 0.15) is 5.52 Å². The molecule has 4 N–H and O–H groups in total. The largest absolute Gasteiger partial charge is 0.423 e. The Labute approximate surface area is 105 Å². The van der Waals surface area contributed by atoms with Crippen molar-refractivity contribution in [3.8, 4) is 0 Å². The third-order valence-corrected chi connectivity index (χ3v) is 2.41. The van der Waals surface area contributed by atoms with Gasteiger partial charge >= 0.3 is 0 Å². The van der Waals surface area contributed by atoms with Gasteiger partial charge in [0.2, 0.25) is 5.91 Å². The van der Waals surface area contributed by atoms with Crippen LogP contribution < -0.4 is 16.4 Å².